The van der Waals surface area contributed by atoms with Crippen LogP contribution in [0.15, 0.2) is 42.5 Å². The number of rotatable bonds is 8. The number of benzene rings is 2. The molecular formula is C27H36N2O3. The van der Waals surface area contributed by atoms with E-state index in [1.54, 1.807) is 0 Å². The van der Waals surface area contributed by atoms with Crippen molar-refractivity contribution >= 4 is 5.91 Å². The third-order valence-electron chi connectivity index (χ3n) is 6.41. The third kappa shape index (κ3) is 5.44. The number of hydrogen-bond donors (Lipinski definition) is 0. The van der Waals surface area contributed by atoms with Crippen molar-refractivity contribution in [3.05, 3.63) is 59.2 Å². The molecule has 4 rings (SSSR count). The number of ether oxygens (including phenoxy) is 2. The molecular weight excluding hydrogens is 400 g/mol. The van der Waals surface area contributed by atoms with E-state index in [1.807, 2.05) is 6.07 Å². The van der Waals surface area contributed by atoms with Crippen LogP contribution in [0, 0.1) is 5.92 Å². The van der Waals surface area contributed by atoms with E-state index >= 15 is 0 Å². The molecule has 0 N–H and O–H groups in total. The van der Waals surface area contributed by atoms with E-state index in [0.717, 1.165) is 68.9 Å². The number of fused-ring (bicyclic) bond motifs is 1. The van der Waals surface area contributed by atoms with Crippen LogP contribution >= 0.6 is 0 Å². The number of carbonyl (C=O) groups is 1. The number of likely N-dealkylation sites (tertiary alicyclic amines) is 1. The standard InChI is InChI=1S/C27H36N2O3/c1-3-12-29(19-22-16-23(4-2)26-25(17-22)31-14-8-15-32-26)27(30)24-11-13-28(20-24)18-21-9-6-5-7-10-21/h5-7,9-10,16-17,24H,3-4,8,11-15,18-20H2,1-2H3. The fourth-order valence-electron chi connectivity index (χ4n) is 4.80. The van der Waals surface area contributed by atoms with Crippen LogP contribution in [0.3, 0.4) is 0 Å². The molecule has 2 heterocycles. The van der Waals surface area contributed by atoms with Crippen molar-refractivity contribution in [3.8, 4) is 11.5 Å². The average molecular weight is 437 g/mol. The summed E-state index contributed by atoms with van der Waals surface area (Å²) in [6, 6.07) is 14.8. The maximum atomic E-state index is 13.5. The summed E-state index contributed by atoms with van der Waals surface area (Å²) in [5.74, 6) is 2.08. The van der Waals surface area contributed by atoms with E-state index in [1.165, 1.54) is 11.1 Å². The van der Waals surface area contributed by atoms with Gasteiger partial charge < -0.3 is 14.4 Å². The van der Waals surface area contributed by atoms with E-state index in [-0.39, 0.29) is 11.8 Å². The maximum absolute atomic E-state index is 13.5. The van der Waals surface area contributed by atoms with Crippen molar-refractivity contribution in [1.29, 1.82) is 0 Å². The van der Waals surface area contributed by atoms with Crippen LogP contribution in [0.4, 0.5) is 0 Å². The van der Waals surface area contributed by atoms with Crippen molar-refractivity contribution in [2.45, 2.75) is 52.6 Å². The van der Waals surface area contributed by atoms with Crippen LogP contribution in [0.25, 0.3) is 0 Å². The van der Waals surface area contributed by atoms with Gasteiger partial charge in [0.25, 0.3) is 0 Å². The van der Waals surface area contributed by atoms with E-state index in [0.29, 0.717) is 19.8 Å². The summed E-state index contributed by atoms with van der Waals surface area (Å²) in [4.78, 5) is 17.9. The zero-order chi connectivity index (χ0) is 22.3. The van der Waals surface area contributed by atoms with Gasteiger partial charge in [0.1, 0.15) is 0 Å². The lowest BCUT2D eigenvalue weighted by molar-refractivity contribution is -0.135. The molecule has 2 aliphatic heterocycles. The Kier molecular flexibility index (Phi) is 7.69. The highest BCUT2D eigenvalue weighted by Crippen LogP contribution is 2.36. The molecule has 1 fully saturated rings. The van der Waals surface area contributed by atoms with Gasteiger partial charge in [-0.2, -0.15) is 0 Å². The van der Waals surface area contributed by atoms with Gasteiger partial charge in [-0.3, -0.25) is 9.69 Å². The minimum Gasteiger partial charge on any atom is -0.490 e. The van der Waals surface area contributed by atoms with Crippen LogP contribution in [0.5, 0.6) is 11.5 Å². The van der Waals surface area contributed by atoms with Gasteiger partial charge in [0.05, 0.1) is 19.1 Å². The van der Waals surface area contributed by atoms with Crippen LogP contribution in [0.2, 0.25) is 0 Å². The summed E-state index contributed by atoms with van der Waals surface area (Å²) in [6.07, 6.45) is 3.68. The first-order valence-electron chi connectivity index (χ1n) is 12.1. The van der Waals surface area contributed by atoms with Gasteiger partial charge >= 0.3 is 0 Å². The Bertz CT molecular complexity index is 899. The Balaban J connectivity index is 1.44. The minimum absolute atomic E-state index is 0.0799. The van der Waals surface area contributed by atoms with Crippen molar-refractivity contribution in [3.63, 3.8) is 0 Å². The van der Waals surface area contributed by atoms with Gasteiger partial charge in [0.2, 0.25) is 5.91 Å². The normalized spacial score (nSPS) is 18.4. The smallest absolute Gasteiger partial charge is 0.227 e. The molecule has 1 saturated heterocycles. The predicted molar refractivity (Wildman–Crippen MR) is 127 cm³/mol. The minimum atomic E-state index is 0.0799. The fourth-order valence-corrected chi connectivity index (χ4v) is 4.80. The first-order valence-corrected chi connectivity index (χ1v) is 12.1. The molecule has 2 aliphatic rings. The van der Waals surface area contributed by atoms with E-state index in [2.05, 4.69) is 60.0 Å². The number of aryl methyl sites for hydroxylation is 1. The summed E-state index contributed by atoms with van der Waals surface area (Å²) in [5, 5.41) is 0. The van der Waals surface area contributed by atoms with E-state index in [4.69, 9.17) is 9.47 Å². The second kappa shape index (κ2) is 10.9. The molecule has 32 heavy (non-hydrogen) atoms. The molecule has 0 spiro atoms. The summed E-state index contributed by atoms with van der Waals surface area (Å²) >= 11 is 0. The summed E-state index contributed by atoms with van der Waals surface area (Å²) < 4.78 is 11.9. The molecule has 2 aromatic carbocycles. The zero-order valence-electron chi connectivity index (χ0n) is 19.5. The van der Waals surface area contributed by atoms with Gasteiger partial charge in [-0.1, -0.05) is 50.2 Å². The number of hydrogen-bond acceptors (Lipinski definition) is 4. The summed E-state index contributed by atoms with van der Waals surface area (Å²) in [7, 11) is 0. The van der Waals surface area contributed by atoms with E-state index < -0.39 is 0 Å². The second-order valence-corrected chi connectivity index (χ2v) is 8.95. The molecule has 1 atom stereocenters. The Morgan fingerprint density at radius 1 is 1.09 bits per heavy atom. The molecule has 1 amide bonds. The number of nitrogens with zero attached hydrogens (tertiary/aromatic N) is 2. The Morgan fingerprint density at radius 2 is 1.91 bits per heavy atom. The lowest BCUT2D eigenvalue weighted by Gasteiger charge is -2.26. The number of carbonyl (C=O) groups excluding carboxylic acids is 1. The average Bonchev–Trinajstić information content (AvgIpc) is 3.14. The highest BCUT2D eigenvalue weighted by Gasteiger charge is 2.31. The molecule has 0 saturated carbocycles. The highest BCUT2D eigenvalue weighted by atomic mass is 16.5. The van der Waals surface area contributed by atoms with Gasteiger partial charge in [0, 0.05) is 32.6 Å². The van der Waals surface area contributed by atoms with Gasteiger partial charge in [-0.25, -0.2) is 0 Å². The van der Waals surface area contributed by atoms with Crippen molar-refractivity contribution in [2.75, 3.05) is 32.8 Å². The molecule has 0 aliphatic carbocycles. The summed E-state index contributed by atoms with van der Waals surface area (Å²) in [6.45, 7) is 9.81. The maximum Gasteiger partial charge on any atom is 0.227 e. The van der Waals surface area contributed by atoms with Crippen LogP contribution in [-0.4, -0.2) is 48.6 Å². The Labute approximate surface area is 192 Å². The predicted octanol–water partition coefficient (Wildman–Crippen LogP) is 4.67. The van der Waals surface area contributed by atoms with Crippen molar-refractivity contribution in [1.82, 2.24) is 9.80 Å². The Morgan fingerprint density at radius 3 is 2.69 bits per heavy atom. The lowest BCUT2D eigenvalue weighted by Crippen LogP contribution is -2.37. The number of amides is 1. The van der Waals surface area contributed by atoms with E-state index in [9.17, 15) is 4.79 Å². The lowest BCUT2D eigenvalue weighted by atomic mass is 10.0. The molecule has 0 aromatic heterocycles. The molecule has 5 nitrogen and oxygen atoms in total. The van der Waals surface area contributed by atoms with Gasteiger partial charge in [0.15, 0.2) is 11.5 Å². The van der Waals surface area contributed by atoms with Crippen molar-refractivity contribution < 1.29 is 14.3 Å². The SMILES string of the molecule is CCCN(Cc1cc(CC)c2c(c1)OCCCO2)C(=O)C1CCN(Cc2ccccc2)C1. The molecule has 172 valence electrons. The van der Waals surface area contributed by atoms with Crippen LogP contribution in [0.1, 0.15) is 49.8 Å². The third-order valence-corrected chi connectivity index (χ3v) is 6.41. The zero-order valence-corrected chi connectivity index (χ0v) is 19.5. The van der Waals surface area contributed by atoms with Crippen LogP contribution < -0.4 is 9.47 Å². The monoisotopic (exact) mass is 436 g/mol. The molecule has 0 bridgehead atoms. The fraction of sp³-hybridized carbons (Fsp3) is 0.519. The quantitative estimate of drug-likeness (QED) is 0.603. The molecule has 2 aromatic rings. The molecule has 0 radical (unpaired) electrons. The topological polar surface area (TPSA) is 42.0 Å². The first kappa shape index (κ1) is 22.7. The van der Waals surface area contributed by atoms with Crippen LogP contribution in [-0.2, 0) is 24.3 Å². The highest BCUT2D eigenvalue weighted by molar-refractivity contribution is 5.79. The molecule has 1 unspecified atom stereocenters. The van der Waals surface area contributed by atoms with Gasteiger partial charge in [-0.15, -0.1) is 0 Å². The second-order valence-electron chi connectivity index (χ2n) is 8.95. The first-order chi connectivity index (χ1) is 15.7. The molecule has 5 heteroatoms. The summed E-state index contributed by atoms with van der Waals surface area (Å²) in [5.41, 5.74) is 3.61. The van der Waals surface area contributed by atoms with Crippen molar-refractivity contribution in [2.24, 2.45) is 5.92 Å². The largest absolute Gasteiger partial charge is 0.490 e. The van der Waals surface area contributed by atoms with Gasteiger partial charge in [-0.05, 0) is 48.6 Å². The Hall–Kier alpha value is -2.53.